The molecule has 0 saturated heterocycles. The predicted molar refractivity (Wildman–Crippen MR) is 85.7 cm³/mol. The highest BCUT2D eigenvalue weighted by Gasteiger charge is 2.09. The summed E-state index contributed by atoms with van der Waals surface area (Å²) in [5, 5.41) is 4.08. The van der Waals surface area contributed by atoms with Crippen molar-refractivity contribution in [2.45, 2.75) is 19.9 Å². The Labute approximate surface area is 129 Å². The molecule has 0 spiro atoms. The van der Waals surface area contributed by atoms with Gasteiger partial charge in [0.05, 0.1) is 5.56 Å². The molecule has 3 aromatic rings. The Bertz CT molecular complexity index is 780. The summed E-state index contributed by atoms with van der Waals surface area (Å²) in [4.78, 5) is 20.4. The van der Waals surface area contributed by atoms with Gasteiger partial charge >= 0.3 is 0 Å². The lowest BCUT2D eigenvalue weighted by atomic mass is 10.1. The van der Waals surface area contributed by atoms with E-state index in [0.717, 1.165) is 24.0 Å². The van der Waals surface area contributed by atoms with Crippen molar-refractivity contribution in [2.75, 3.05) is 6.54 Å². The summed E-state index contributed by atoms with van der Waals surface area (Å²) in [6, 6.07) is 7.54. The van der Waals surface area contributed by atoms with Crippen molar-refractivity contribution in [3.8, 4) is 0 Å². The highest BCUT2D eigenvalue weighted by atomic mass is 16.1. The van der Waals surface area contributed by atoms with Gasteiger partial charge in [-0.3, -0.25) is 9.78 Å². The maximum Gasteiger partial charge on any atom is 0.252 e. The maximum absolute atomic E-state index is 12.0. The van der Waals surface area contributed by atoms with E-state index in [1.54, 1.807) is 24.5 Å². The molecule has 22 heavy (non-hydrogen) atoms. The largest absolute Gasteiger partial charge is 0.352 e. The average molecular weight is 294 g/mol. The molecular formula is C17H18N4O. The van der Waals surface area contributed by atoms with E-state index in [0.29, 0.717) is 12.1 Å². The van der Waals surface area contributed by atoms with E-state index in [1.807, 2.05) is 12.3 Å². The quantitative estimate of drug-likeness (QED) is 0.786. The van der Waals surface area contributed by atoms with E-state index in [9.17, 15) is 4.79 Å². The molecule has 0 aliphatic rings. The van der Waals surface area contributed by atoms with E-state index < -0.39 is 0 Å². The molecule has 1 N–H and O–H groups in total. The van der Waals surface area contributed by atoms with Crippen molar-refractivity contribution in [3.63, 3.8) is 0 Å². The number of rotatable bonds is 5. The first kappa shape index (κ1) is 14.3. The Hall–Kier alpha value is -2.69. The molecule has 5 nitrogen and oxygen atoms in total. The summed E-state index contributed by atoms with van der Waals surface area (Å²) >= 11 is 0. The molecule has 3 aromatic heterocycles. The molecule has 3 rings (SSSR count). The number of nitrogens with zero attached hydrogens (tertiary/aromatic N) is 3. The molecule has 0 saturated carbocycles. The molecule has 112 valence electrons. The molecular weight excluding hydrogens is 276 g/mol. The van der Waals surface area contributed by atoms with E-state index in [1.165, 1.54) is 5.56 Å². The summed E-state index contributed by atoms with van der Waals surface area (Å²) < 4.78 is 2.13. The molecule has 3 heterocycles. The monoisotopic (exact) mass is 294 g/mol. The fourth-order valence-electron chi connectivity index (χ4n) is 2.55. The summed E-state index contributed by atoms with van der Waals surface area (Å²) in [5.74, 6) is -0.0922. The number of amides is 1. The highest BCUT2D eigenvalue weighted by molar-refractivity contribution is 5.93. The van der Waals surface area contributed by atoms with E-state index in [4.69, 9.17) is 0 Å². The number of hydrogen-bond acceptors (Lipinski definition) is 3. The molecule has 0 radical (unpaired) electrons. The van der Waals surface area contributed by atoms with Gasteiger partial charge in [0, 0.05) is 43.3 Å². The van der Waals surface area contributed by atoms with Crippen molar-refractivity contribution in [2.24, 2.45) is 0 Å². The molecule has 0 aliphatic heterocycles. The number of aryl methyl sites for hydroxylation is 1. The van der Waals surface area contributed by atoms with Crippen LogP contribution in [0.3, 0.4) is 0 Å². The van der Waals surface area contributed by atoms with Crippen molar-refractivity contribution >= 4 is 16.9 Å². The standard InChI is InChI=1S/C17H18N4O/c1-2-21-12-14(15-6-4-9-19-16(15)21)7-10-20-17(22)13-5-3-8-18-11-13/h3-6,8-9,11-12H,2,7,10H2,1H3,(H,20,22). The molecule has 0 fully saturated rings. The van der Waals surface area contributed by atoms with Crippen LogP contribution in [0.1, 0.15) is 22.8 Å². The number of fused-ring (bicyclic) bond motifs is 1. The molecule has 5 heteroatoms. The normalized spacial score (nSPS) is 10.8. The van der Waals surface area contributed by atoms with Gasteiger partial charge in [0.25, 0.3) is 5.91 Å². The van der Waals surface area contributed by atoms with Crippen LogP contribution in [0.15, 0.2) is 49.1 Å². The van der Waals surface area contributed by atoms with Gasteiger partial charge in [-0.25, -0.2) is 4.98 Å². The van der Waals surface area contributed by atoms with Crippen molar-refractivity contribution in [1.29, 1.82) is 0 Å². The van der Waals surface area contributed by atoms with E-state index in [2.05, 4.69) is 39.0 Å². The fraction of sp³-hybridized carbons (Fsp3) is 0.235. The Balaban J connectivity index is 1.68. The summed E-state index contributed by atoms with van der Waals surface area (Å²) in [6.07, 6.45) is 7.93. The van der Waals surface area contributed by atoms with Crippen molar-refractivity contribution in [1.82, 2.24) is 19.9 Å². The maximum atomic E-state index is 12.0. The van der Waals surface area contributed by atoms with Crippen LogP contribution in [0, 0.1) is 0 Å². The van der Waals surface area contributed by atoms with Crippen LogP contribution < -0.4 is 5.32 Å². The van der Waals surface area contributed by atoms with Crippen LogP contribution in [-0.2, 0) is 13.0 Å². The highest BCUT2D eigenvalue weighted by Crippen LogP contribution is 2.19. The minimum Gasteiger partial charge on any atom is -0.352 e. The number of aromatic nitrogens is 3. The van der Waals surface area contributed by atoms with Gasteiger partial charge < -0.3 is 9.88 Å². The SMILES string of the molecule is CCn1cc(CCNC(=O)c2cccnc2)c2cccnc21. The van der Waals surface area contributed by atoms with Crippen LogP contribution in [0.4, 0.5) is 0 Å². The van der Waals surface area contributed by atoms with Crippen molar-refractivity contribution in [3.05, 3.63) is 60.2 Å². The average Bonchev–Trinajstić information content (AvgIpc) is 2.94. The fourth-order valence-corrected chi connectivity index (χ4v) is 2.55. The first-order valence-electron chi connectivity index (χ1n) is 7.40. The Morgan fingerprint density at radius 1 is 1.27 bits per heavy atom. The summed E-state index contributed by atoms with van der Waals surface area (Å²) in [7, 11) is 0. The van der Waals surface area contributed by atoms with Gasteiger partial charge in [0.2, 0.25) is 0 Å². The first-order valence-corrected chi connectivity index (χ1v) is 7.40. The smallest absolute Gasteiger partial charge is 0.252 e. The van der Waals surface area contributed by atoms with Gasteiger partial charge in [0.15, 0.2) is 0 Å². The number of nitrogens with one attached hydrogen (secondary N) is 1. The minimum atomic E-state index is -0.0922. The Morgan fingerprint density at radius 3 is 2.91 bits per heavy atom. The van der Waals surface area contributed by atoms with Crippen LogP contribution in [0.25, 0.3) is 11.0 Å². The number of carbonyl (C=O) groups is 1. The second kappa shape index (κ2) is 6.39. The van der Waals surface area contributed by atoms with Crippen LogP contribution in [0.5, 0.6) is 0 Å². The summed E-state index contributed by atoms with van der Waals surface area (Å²) in [6.45, 7) is 3.57. The predicted octanol–water partition coefficient (Wildman–Crippen LogP) is 2.42. The minimum absolute atomic E-state index is 0.0922. The molecule has 1 amide bonds. The Kier molecular flexibility index (Phi) is 4.14. The third-order valence-electron chi connectivity index (χ3n) is 3.66. The number of pyridine rings is 2. The van der Waals surface area contributed by atoms with E-state index in [-0.39, 0.29) is 5.91 Å². The zero-order valence-corrected chi connectivity index (χ0v) is 12.5. The molecule has 0 aliphatic carbocycles. The van der Waals surface area contributed by atoms with Crippen LogP contribution in [0.2, 0.25) is 0 Å². The lowest BCUT2D eigenvalue weighted by Crippen LogP contribution is -2.25. The van der Waals surface area contributed by atoms with Gasteiger partial charge in [-0.15, -0.1) is 0 Å². The van der Waals surface area contributed by atoms with Gasteiger partial charge in [0.1, 0.15) is 5.65 Å². The third kappa shape index (κ3) is 2.83. The number of hydrogen-bond donors (Lipinski definition) is 1. The summed E-state index contributed by atoms with van der Waals surface area (Å²) in [5.41, 5.74) is 2.79. The third-order valence-corrected chi connectivity index (χ3v) is 3.66. The van der Waals surface area contributed by atoms with Gasteiger partial charge in [-0.1, -0.05) is 0 Å². The lowest BCUT2D eigenvalue weighted by Gasteiger charge is -2.04. The van der Waals surface area contributed by atoms with E-state index >= 15 is 0 Å². The van der Waals surface area contributed by atoms with Gasteiger partial charge in [-0.2, -0.15) is 0 Å². The second-order valence-corrected chi connectivity index (χ2v) is 5.06. The molecule has 0 aromatic carbocycles. The zero-order chi connectivity index (χ0) is 15.4. The molecule has 0 bridgehead atoms. The first-order chi connectivity index (χ1) is 10.8. The van der Waals surface area contributed by atoms with Crippen molar-refractivity contribution < 1.29 is 4.79 Å². The second-order valence-electron chi connectivity index (χ2n) is 5.06. The van der Waals surface area contributed by atoms with Gasteiger partial charge in [-0.05, 0) is 43.2 Å². The lowest BCUT2D eigenvalue weighted by molar-refractivity contribution is 0.0954. The molecule has 0 atom stereocenters. The molecule has 0 unspecified atom stereocenters. The van der Waals surface area contributed by atoms with Crippen LogP contribution in [-0.4, -0.2) is 27.0 Å². The van der Waals surface area contributed by atoms with Crippen LogP contribution >= 0.6 is 0 Å². The zero-order valence-electron chi connectivity index (χ0n) is 12.5. The topological polar surface area (TPSA) is 59.8 Å². The Morgan fingerprint density at radius 2 is 2.14 bits per heavy atom. The number of carbonyl (C=O) groups excluding carboxylic acids is 1.